The van der Waals surface area contributed by atoms with Crippen molar-refractivity contribution in [1.82, 2.24) is 10.6 Å². The molecule has 0 aliphatic carbocycles. The van der Waals surface area contributed by atoms with E-state index in [0.29, 0.717) is 6.29 Å². The van der Waals surface area contributed by atoms with E-state index in [1.165, 1.54) is 31.2 Å². The Hall–Kier alpha value is -4.67. The summed E-state index contributed by atoms with van der Waals surface area (Å²) in [4.78, 5) is 88.6. The summed E-state index contributed by atoms with van der Waals surface area (Å²) >= 11 is 0. The quantitative estimate of drug-likeness (QED) is 0.279. The van der Waals surface area contributed by atoms with Gasteiger partial charge in [0.2, 0.25) is 17.6 Å². The average molecular weight is 504 g/mol. The van der Waals surface area contributed by atoms with E-state index in [9.17, 15) is 33.6 Å². The third-order valence-electron chi connectivity index (χ3n) is 5.53. The van der Waals surface area contributed by atoms with Crippen molar-refractivity contribution < 1.29 is 33.6 Å². The van der Waals surface area contributed by atoms with Crippen molar-refractivity contribution in [2.45, 2.75) is 25.4 Å². The Balaban J connectivity index is 1.92. The molecule has 3 rings (SSSR count). The highest BCUT2D eigenvalue weighted by molar-refractivity contribution is 6.43. The van der Waals surface area contributed by atoms with Gasteiger partial charge in [-0.1, -0.05) is 42.5 Å². The first-order valence-corrected chi connectivity index (χ1v) is 11.2. The fraction of sp³-hybridized carbons (Fsp3) is 0.231. The van der Waals surface area contributed by atoms with Gasteiger partial charge in [-0.2, -0.15) is 0 Å². The van der Waals surface area contributed by atoms with E-state index in [2.05, 4.69) is 10.6 Å². The van der Waals surface area contributed by atoms with Gasteiger partial charge in [0, 0.05) is 12.0 Å². The Kier molecular flexibility index (Phi) is 8.62. The average Bonchev–Trinajstić information content (AvgIpc) is 2.98. The van der Waals surface area contributed by atoms with E-state index in [0.717, 1.165) is 9.80 Å². The number of amides is 4. The number of para-hydroxylation sites is 2. The number of nitrogens with zero attached hydrogens (tertiary/aromatic N) is 2. The van der Waals surface area contributed by atoms with Gasteiger partial charge in [-0.05, 0) is 19.1 Å². The highest BCUT2D eigenvalue weighted by Gasteiger charge is 2.38. The van der Waals surface area contributed by atoms with Crippen molar-refractivity contribution in [2.24, 2.45) is 0 Å². The predicted molar refractivity (Wildman–Crippen MR) is 131 cm³/mol. The second kappa shape index (κ2) is 11.8. The summed E-state index contributed by atoms with van der Waals surface area (Å²) < 4.78 is 0. The largest absolute Gasteiger partial charge is 0.345 e. The van der Waals surface area contributed by atoms with Gasteiger partial charge in [0.25, 0.3) is 11.8 Å². The number of hydrogen-bond donors (Lipinski definition) is 2. The summed E-state index contributed by atoms with van der Waals surface area (Å²) in [6, 6.07) is 11.3. The molecule has 2 N–H and O–H groups in total. The zero-order valence-corrected chi connectivity index (χ0v) is 19.9. The first-order valence-electron chi connectivity index (χ1n) is 11.2. The molecule has 0 bridgehead atoms. The molecule has 1 heterocycles. The number of rotatable bonds is 9. The molecule has 4 amide bonds. The minimum atomic E-state index is -1.44. The number of carbonyl (C=O) groups excluding carboxylic acids is 7. The lowest BCUT2D eigenvalue weighted by atomic mass is 10.1. The van der Waals surface area contributed by atoms with Gasteiger partial charge in [0.1, 0.15) is 24.7 Å². The Morgan fingerprint density at radius 1 is 1.03 bits per heavy atom. The van der Waals surface area contributed by atoms with Crippen LogP contribution in [0.4, 0.5) is 11.4 Å². The molecule has 11 heteroatoms. The third-order valence-corrected chi connectivity index (χ3v) is 5.53. The van der Waals surface area contributed by atoms with Gasteiger partial charge < -0.3 is 20.3 Å². The van der Waals surface area contributed by atoms with Crippen LogP contribution in [0.1, 0.15) is 23.7 Å². The smallest absolute Gasteiger partial charge is 0.293 e. The van der Waals surface area contributed by atoms with Crippen LogP contribution in [0.2, 0.25) is 0 Å². The van der Waals surface area contributed by atoms with Crippen LogP contribution in [-0.4, -0.2) is 66.7 Å². The Bertz CT molecular complexity index is 1240. The molecule has 2 unspecified atom stereocenters. The minimum absolute atomic E-state index is 0.0951. The summed E-state index contributed by atoms with van der Waals surface area (Å²) in [7, 11) is 0. The van der Waals surface area contributed by atoms with Crippen LogP contribution in [-0.2, 0) is 28.8 Å². The molecule has 0 aromatic heterocycles. The van der Waals surface area contributed by atoms with E-state index in [4.69, 9.17) is 6.92 Å². The minimum Gasteiger partial charge on any atom is -0.345 e. The molecule has 2 aromatic carbocycles. The Morgan fingerprint density at radius 2 is 1.65 bits per heavy atom. The number of ketones is 2. The second-order valence-electron chi connectivity index (χ2n) is 8.30. The summed E-state index contributed by atoms with van der Waals surface area (Å²) in [6.07, 6.45) is 0.181. The number of carbonyl (C=O) groups is 7. The van der Waals surface area contributed by atoms with Crippen molar-refractivity contribution in [3.63, 3.8) is 0 Å². The molecule has 0 saturated carbocycles. The molecule has 1 aliphatic rings. The standard InChI is InChI=1S/C26H24N4O7/c1-16(32)12-19(15-31)27-23(34)14-30-22-11-7-6-10-21(22)29(17(2)33)13-20(26(30)37)28-25(36)24(35)18-8-4-3-5-9-18/h2-11,15,19-20H,12-14H2,1H3,(H,27,34)(H,28,36). The lowest BCUT2D eigenvalue weighted by Gasteiger charge is -2.25. The first kappa shape index (κ1) is 26.9. The van der Waals surface area contributed by atoms with Crippen molar-refractivity contribution in [2.75, 3.05) is 22.9 Å². The van der Waals surface area contributed by atoms with Crippen LogP contribution < -0.4 is 20.4 Å². The zero-order valence-electron chi connectivity index (χ0n) is 19.9. The molecule has 0 fully saturated rings. The van der Waals surface area contributed by atoms with Crippen LogP contribution in [0.3, 0.4) is 0 Å². The monoisotopic (exact) mass is 504 g/mol. The summed E-state index contributed by atoms with van der Waals surface area (Å²) in [5.41, 5.74) is 0.428. The molecule has 37 heavy (non-hydrogen) atoms. The molecule has 190 valence electrons. The van der Waals surface area contributed by atoms with E-state index in [-0.39, 0.29) is 29.1 Å². The van der Waals surface area contributed by atoms with Gasteiger partial charge in [-0.3, -0.25) is 33.7 Å². The van der Waals surface area contributed by atoms with Gasteiger partial charge in [0.15, 0.2) is 0 Å². The maximum absolute atomic E-state index is 13.6. The summed E-state index contributed by atoms with van der Waals surface area (Å²) in [5, 5.41) is 4.72. The first-order chi connectivity index (χ1) is 17.6. The van der Waals surface area contributed by atoms with E-state index >= 15 is 0 Å². The molecule has 2 aromatic rings. The second-order valence-corrected chi connectivity index (χ2v) is 8.30. The van der Waals surface area contributed by atoms with E-state index in [1.54, 1.807) is 30.3 Å². The molecule has 0 saturated heterocycles. The summed E-state index contributed by atoms with van der Waals surface area (Å²) in [6.45, 7) is 5.80. The number of hydrogen-bond acceptors (Lipinski definition) is 7. The normalized spacial score (nSPS) is 15.6. The lowest BCUT2D eigenvalue weighted by Crippen LogP contribution is -2.55. The maximum Gasteiger partial charge on any atom is 0.293 e. The Morgan fingerprint density at radius 3 is 2.24 bits per heavy atom. The predicted octanol–water partition coefficient (Wildman–Crippen LogP) is 0.108. The van der Waals surface area contributed by atoms with Crippen molar-refractivity contribution >= 4 is 52.9 Å². The van der Waals surface area contributed by atoms with Crippen LogP contribution in [0.5, 0.6) is 0 Å². The number of anilines is 2. The fourth-order valence-corrected chi connectivity index (χ4v) is 3.85. The summed E-state index contributed by atoms with van der Waals surface area (Å²) in [5.74, 6) is -4.80. The van der Waals surface area contributed by atoms with Crippen LogP contribution in [0, 0.1) is 6.92 Å². The number of fused-ring (bicyclic) bond motifs is 1. The van der Waals surface area contributed by atoms with Crippen molar-refractivity contribution in [3.05, 3.63) is 67.1 Å². The fourth-order valence-electron chi connectivity index (χ4n) is 3.85. The maximum atomic E-state index is 13.6. The van der Waals surface area contributed by atoms with Crippen molar-refractivity contribution in [3.8, 4) is 0 Å². The molecule has 1 aliphatic heterocycles. The Labute approximate surface area is 212 Å². The highest BCUT2D eigenvalue weighted by atomic mass is 16.2. The SMILES string of the molecule is [CH]C(=O)N1CC(NC(=O)C(=O)c2ccccc2)C(=O)N(CC(=O)NC(C=O)CC(C)=O)c2ccccc21. The molecule has 11 nitrogen and oxygen atoms in total. The number of aldehydes is 1. The molecule has 2 radical (unpaired) electrons. The zero-order chi connectivity index (χ0) is 27.1. The van der Waals surface area contributed by atoms with Crippen LogP contribution >= 0.6 is 0 Å². The molecule has 2 atom stereocenters. The van der Waals surface area contributed by atoms with Crippen LogP contribution in [0.15, 0.2) is 54.6 Å². The van der Waals surface area contributed by atoms with Crippen LogP contribution in [0.25, 0.3) is 0 Å². The number of nitrogens with one attached hydrogen (secondary N) is 2. The third kappa shape index (κ3) is 6.51. The van der Waals surface area contributed by atoms with Gasteiger partial charge in [0.05, 0.1) is 30.9 Å². The molecular formula is C26H24N4O7. The van der Waals surface area contributed by atoms with E-state index in [1.807, 2.05) is 0 Å². The molecule has 0 spiro atoms. The number of Topliss-reactive ketones (excluding diaryl/α,β-unsaturated/α-hetero) is 2. The number of benzene rings is 2. The van der Waals surface area contributed by atoms with Gasteiger partial charge >= 0.3 is 0 Å². The van der Waals surface area contributed by atoms with E-state index < -0.39 is 54.6 Å². The van der Waals surface area contributed by atoms with Gasteiger partial charge in [-0.15, -0.1) is 0 Å². The van der Waals surface area contributed by atoms with Gasteiger partial charge in [-0.25, -0.2) is 0 Å². The highest BCUT2D eigenvalue weighted by Crippen LogP contribution is 2.32. The topological polar surface area (TPSA) is 150 Å². The van der Waals surface area contributed by atoms with Crippen molar-refractivity contribution in [1.29, 1.82) is 0 Å². The lowest BCUT2D eigenvalue weighted by molar-refractivity contribution is -0.128. The molecular weight excluding hydrogens is 480 g/mol.